The number of aromatic nitrogens is 1. The molecule has 1 aliphatic heterocycles. The average molecular weight is 293 g/mol. The lowest BCUT2D eigenvalue weighted by atomic mass is 9.89. The van der Waals surface area contributed by atoms with E-state index in [9.17, 15) is 9.59 Å². The minimum atomic E-state index is -0.511. The number of carbonyl (C=O) groups is 1. The fraction of sp³-hybridized carbons (Fsp3) is 0.600. The molecule has 0 saturated heterocycles. The molecule has 1 aromatic heterocycles. The summed E-state index contributed by atoms with van der Waals surface area (Å²) in [7, 11) is 0. The van der Waals surface area contributed by atoms with Crippen molar-refractivity contribution in [2.24, 2.45) is 0 Å². The Hall–Kier alpha value is -1.29. The molecule has 0 unspecified atom stereocenters. The van der Waals surface area contributed by atoms with Gasteiger partial charge in [0, 0.05) is 0 Å². The van der Waals surface area contributed by atoms with Crippen molar-refractivity contribution in [2.75, 3.05) is 0 Å². The van der Waals surface area contributed by atoms with Crippen LogP contribution < -0.4 is 10.9 Å². The highest BCUT2D eigenvalue weighted by Gasteiger charge is 2.46. The highest BCUT2D eigenvalue weighted by molar-refractivity contribution is 6.31. The molecule has 0 aromatic carbocycles. The molecule has 1 aromatic rings. The standard InChI is InChI=1S/C15H17ClN2O2/c16-11-9-5-4-6-10(9)12-13(19)17-15(18(12)14(11)20)7-2-1-3-8-15/h1-8H2,(H,17,19). The lowest BCUT2D eigenvalue weighted by molar-refractivity contribution is 0.0876. The highest BCUT2D eigenvalue weighted by Crippen LogP contribution is 2.40. The Labute approximate surface area is 122 Å². The second-order valence-electron chi connectivity index (χ2n) is 6.16. The molecule has 20 heavy (non-hydrogen) atoms. The summed E-state index contributed by atoms with van der Waals surface area (Å²) < 4.78 is 1.70. The van der Waals surface area contributed by atoms with Gasteiger partial charge in [-0.25, -0.2) is 0 Å². The molecule has 1 fully saturated rings. The molecule has 1 saturated carbocycles. The van der Waals surface area contributed by atoms with E-state index >= 15 is 0 Å². The minimum Gasteiger partial charge on any atom is -0.327 e. The summed E-state index contributed by atoms with van der Waals surface area (Å²) in [6.07, 6.45) is 7.57. The molecule has 0 radical (unpaired) electrons. The van der Waals surface area contributed by atoms with Gasteiger partial charge in [-0.3, -0.25) is 14.2 Å². The number of amides is 1. The van der Waals surface area contributed by atoms with E-state index in [1.807, 2.05) is 0 Å². The van der Waals surface area contributed by atoms with Gasteiger partial charge in [-0.05, 0) is 56.1 Å². The molecule has 1 amide bonds. The fourth-order valence-electron chi connectivity index (χ4n) is 4.17. The van der Waals surface area contributed by atoms with E-state index in [1.54, 1.807) is 4.57 Å². The van der Waals surface area contributed by atoms with Gasteiger partial charge in [0.1, 0.15) is 16.4 Å². The van der Waals surface area contributed by atoms with Crippen LogP contribution in [0.5, 0.6) is 0 Å². The molecule has 1 N–H and O–H groups in total. The Morgan fingerprint density at radius 3 is 2.45 bits per heavy atom. The van der Waals surface area contributed by atoms with E-state index in [-0.39, 0.29) is 11.5 Å². The zero-order valence-corrected chi connectivity index (χ0v) is 12.1. The zero-order chi connectivity index (χ0) is 13.9. The first-order chi connectivity index (χ1) is 9.64. The summed E-state index contributed by atoms with van der Waals surface area (Å²) in [6, 6.07) is 0. The van der Waals surface area contributed by atoms with Gasteiger partial charge in [-0.15, -0.1) is 0 Å². The molecule has 106 valence electrons. The van der Waals surface area contributed by atoms with Crippen molar-refractivity contribution in [3.05, 3.63) is 32.2 Å². The summed E-state index contributed by atoms with van der Waals surface area (Å²) in [5, 5.41) is 3.43. The number of hydrogen-bond acceptors (Lipinski definition) is 2. The van der Waals surface area contributed by atoms with Crippen LogP contribution in [-0.2, 0) is 18.5 Å². The minimum absolute atomic E-state index is 0.0844. The molecule has 5 heteroatoms. The number of nitrogens with zero attached hydrogens (tertiary/aromatic N) is 1. The summed E-state index contributed by atoms with van der Waals surface area (Å²) in [6.45, 7) is 0. The maximum Gasteiger partial charge on any atom is 0.272 e. The maximum absolute atomic E-state index is 12.7. The first-order valence-electron chi connectivity index (χ1n) is 7.43. The van der Waals surface area contributed by atoms with Crippen LogP contribution in [0.1, 0.15) is 60.1 Å². The van der Waals surface area contributed by atoms with Gasteiger partial charge >= 0.3 is 0 Å². The molecule has 2 heterocycles. The van der Waals surface area contributed by atoms with Crippen LogP contribution in [0.15, 0.2) is 4.79 Å². The van der Waals surface area contributed by atoms with Gasteiger partial charge < -0.3 is 5.32 Å². The Morgan fingerprint density at radius 1 is 1.00 bits per heavy atom. The van der Waals surface area contributed by atoms with Gasteiger partial charge in [0.15, 0.2) is 0 Å². The van der Waals surface area contributed by atoms with Crippen molar-refractivity contribution in [1.82, 2.24) is 9.88 Å². The molecule has 0 bridgehead atoms. The monoisotopic (exact) mass is 292 g/mol. The zero-order valence-electron chi connectivity index (χ0n) is 11.3. The van der Waals surface area contributed by atoms with E-state index in [1.165, 1.54) is 6.42 Å². The normalized spacial score (nSPS) is 22.8. The van der Waals surface area contributed by atoms with E-state index in [0.717, 1.165) is 56.1 Å². The number of carbonyl (C=O) groups excluding carboxylic acids is 1. The average Bonchev–Trinajstić information content (AvgIpc) is 3.01. The topological polar surface area (TPSA) is 51.1 Å². The first kappa shape index (κ1) is 12.5. The van der Waals surface area contributed by atoms with Crippen molar-refractivity contribution in [3.8, 4) is 0 Å². The fourth-order valence-corrected chi connectivity index (χ4v) is 4.46. The number of fused-ring (bicyclic) bond motifs is 4. The van der Waals surface area contributed by atoms with Gasteiger partial charge in [0.05, 0.1) is 0 Å². The quantitative estimate of drug-likeness (QED) is 0.798. The largest absolute Gasteiger partial charge is 0.327 e. The molecule has 4 nitrogen and oxygen atoms in total. The molecule has 3 aliphatic rings. The summed E-state index contributed by atoms with van der Waals surface area (Å²) in [5.41, 5.74) is 1.82. The predicted octanol–water partition coefficient (Wildman–Crippen LogP) is 2.35. The summed E-state index contributed by atoms with van der Waals surface area (Å²) in [5.74, 6) is -0.0844. The predicted molar refractivity (Wildman–Crippen MR) is 76.3 cm³/mol. The van der Waals surface area contributed by atoms with Crippen LogP contribution in [0, 0.1) is 0 Å². The smallest absolute Gasteiger partial charge is 0.272 e. The Kier molecular flexibility index (Phi) is 2.56. The third-order valence-corrected chi connectivity index (χ3v) is 5.44. The highest BCUT2D eigenvalue weighted by atomic mass is 35.5. The van der Waals surface area contributed by atoms with E-state index in [4.69, 9.17) is 11.6 Å². The number of halogens is 1. The molecule has 2 aliphatic carbocycles. The van der Waals surface area contributed by atoms with Crippen molar-refractivity contribution in [2.45, 2.75) is 57.0 Å². The van der Waals surface area contributed by atoms with E-state index in [2.05, 4.69) is 5.32 Å². The lowest BCUT2D eigenvalue weighted by Crippen LogP contribution is -2.48. The summed E-state index contributed by atoms with van der Waals surface area (Å²) in [4.78, 5) is 25.1. The van der Waals surface area contributed by atoms with Crippen LogP contribution in [-0.4, -0.2) is 10.5 Å². The van der Waals surface area contributed by atoms with Gasteiger partial charge in [-0.2, -0.15) is 0 Å². The van der Waals surface area contributed by atoms with Crippen molar-refractivity contribution >= 4 is 17.5 Å². The second-order valence-corrected chi connectivity index (χ2v) is 6.54. The second kappa shape index (κ2) is 4.10. The number of hydrogen-bond donors (Lipinski definition) is 1. The van der Waals surface area contributed by atoms with Gasteiger partial charge in [-0.1, -0.05) is 18.0 Å². The molecular weight excluding hydrogens is 276 g/mol. The van der Waals surface area contributed by atoms with Crippen molar-refractivity contribution in [1.29, 1.82) is 0 Å². The van der Waals surface area contributed by atoms with Crippen molar-refractivity contribution in [3.63, 3.8) is 0 Å². The third kappa shape index (κ3) is 1.43. The third-order valence-electron chi connectivity index (χ3n) is 5.05. The SMILES string of the molecule is O=C1NC2(CCCCC2)n2c1c1c(c(Cl)c2=O)CCC1. The van der Waals surface area contributed by atoms with Crippen LogP contribution in [0.25, 0.3) is 0 Å². The van der Waals surface area contributed by atoms with Crippen LogP contribution >= 0.6 is 11.6 Å². The number of rotatable bonds is 0. The first-order valence-corrected chi connectivity index (χ1v) is 7.81. The molecular formula is C15H17ClN2O2. The number of nitrogens with one attached hydrogen (secondary N) is 1. The van der Waals surface area contributed by atoms with Gasteiger partial charge in [0.2, 0.25) is 0 Å². The number of pyridine rings is 1. The van der Waals surface area contributed by atoms with Crippen molar-refractivity contribution < 1.29 is 4.79 Å². The van der Waals surface area contributed by atoms with E-state index in [0.29, 0.717) is 10.7 Å². The van der Waals surface area contributed by atoms with Crippen LogP contribution in [0.3, 0.4) is 0 Å². The Bertz CT molecular complexity index is 671. The maximum atomic E-state index is 12.7. The summed E-state index contributed by atoms with van der Waals surface area (Å²) >= 11 is 6.30. The Balaban J connectivity index is 2.03. The van der Waals surface area contributed by atoms with Gasteiger partial charge in [0.25, 0.3) is 11.5 Å². The molecule has 4 rings (SSSR count). The molecule has 1 spiro atoms. The van der Waals surface area contributed by atoms with E-state index < -0.39 is 5.66 Å². The van der Waals surface area contributed by atoms with Crippen LogP contribution in [0.2, 0.25) is 5.02 Å². The van der Waals surface area contributed by atoms with Crippen LogP contribution in [0.4, 0.5) is 0 Å². The lowest BCUT2D eigenvalue weighted by Gasteiger charge is -2.35. The Morgan fingerprint density at radius 2 is 1.70 bits per heavy atom. The molecule has 0 atom stereocenters.